The van der Waals surface area contributed by atoms with Crippen molar-refractivity contribution in [2.24, 2.45) is 4.99 Å². The molecule has 3 aromatic carbocycles. The first-order valence-corrected chi connectivity index (χ1v) is 12.6. The molecule has 1 aliphatic rings. The number of para-hydroxylation sites is 1. The van der Waals surface area contributed by atoms with Gasteiger partial charge >= 0.3 is 0 Å². The van der Waals surface area contributed by atoms with Crippen LogP contribution >= 0.6 is 0 Å². The number of benzene rings is 3. The van der Waals surface area contributed by atoms with Gasteiger partial charge in [0.15, 0.2) is 0 Å². The van der Waals surface area contributed by atoms with E-state index in [2.05, 4.69) is 25.6 Å². The minimum atomic E-state index is -3.72. The number of amidine groups is 1. The maximum atomic E-state index is 13.1. The summed E-state index contributed by atoms with van der Waals surface area (Å²) in [6.07, 6.45) is 0. The fourth-order valence-electron chi connectivity index (χ4n) is 3.89. The molecule has 1 atom stereocenters. The van der Waals surface area contributed by atoms with E-state index >= 15 is 0 Å². The Balaban J connectivity index is 1.35. The first-order valence-electron chi connectivity index (χ1n) is 11.1. The molecule has 0 unspecified atom stereocenters. The molecular weight excluding hydrogens is 478 g/mol. The van der Waals surface area contributed by atoms with Gasteiger partial charge in [0.1, 0.15) is 11.9 Å². The number of carbonyl (C=O) groups is 2. The first-order chi connectivity index (χ1) is 17.3. The summed E-state index contributed by atoms with van der Waals surface area (Å²) in [4.78, 5) is 34.7. The van der Waals surface area contributed by atoms with Gasteiger partial charge < -0.3 is 0 Å². The van der Waals surface area contributed by atoms with Gasteiger partial charge in [0, 0.05) is 16.5 Å². The molecule has 0 bridgehead atoms. The van der Waals surface area contributed by atoms with Gasteiger partial charge in [-0.05, 0) is 31.2 Å². The minimum Gasteiger partial charge on any atom is -0.271 e. The van der Waals surface area contributed by atoms with Crippen molar-refractivity contribution in [3.63, 3.8) is 0 Å². The molecule has 10 heteroatoms. The molecule has 0 fully saturated rings. The van der Waals surface area contributed by atoms with Gasteiger partial charge in [0.25, 0.3) is 21.8 Å². The van der Waals surface area contributed by atoms with E-state index in [1.807, 2.05) is 42.5 Å². The molecule has 0 saturated heterocycles. The van der Waals surface area contributed by atoms with E-state index in [0.29, 0.717) is 27.7 Å². The molecule has 1 aromatic heterocycles. The van der Waals surface area contributed by atoms with Gasteiger partial charge in [-0.15, -0.1) is 0 Å². The van der Waals surface area contributed by atoms with E-state index in [-0.39, 0.29) is 10.7 Å². The Bertz CT molecular complexity index is 1630. The highest BCUT2D eigenvalue weighted by Gasteiger charge is 2.31. The lowest BCUT2D eigenvalue weighted by Gasteiger charge is -2.13. The summed E-state index contributed by atoms with van der Waals surface area (Å²) in [6.45, 7) is 1.50. The molecule has 4 aromatic rings. The quantitative estimate of drug-likeness (QED) is 0.372. The fraction of sp³-hybridized carbons (Fsp3) is 0.0769. The highest BCUT2D eigenvalue weighted by Crippen LogP contribution is 2.25. The van der Waals surface area contributed by atoms with Crippen LogP contribution in [0.2, 0.25) is 0 Å². The Kier molecular flexibility index (Phi) is 5.95. The number of hydrazine groups is 1. The predicted octanol–water partition coefficient (Wildman–Crippen LogP) is 2.79. The number of nitrogens with one attached hydrogen (secondary N) is 3. The molecule has 0 radical (unpaired) electrons. The monoisotopic (exact) mass is 499 g/mol. The SMILES string of the molecule is C[C@@H](N=C1NS(=O)(=O)c2ccccc21)C(=O)NNC(=O)c1cc(-c2ccccc2)nc2ccccc12. The molecule has 180 valence electrons. The Hall–Kier alpha value is -4.57. The van der Waals surface area contributed by atoms with Crippen molar-refractivity contribution in [2.75, 3.05) is 0 Å². The van der Waals surface area contributed by atoms with Crippen LogP contribution < -0.4 is 15.6 Å². The fourth-order valence-corrected chi connectivity index (χ4v) is 5.13. The standard InChI is InChI=1S/C26H21N5O4S/c1-16(27-24-19-12-6-8-14-23(19)36(34,35)31-24)25(32)29-30-26(33)20-15-22(17-9-3-2-4-10-17)28-21-13-7-5-11-18(20)21/h2-16H,1H3,(H,27,31)(H,29,32)(H,30,33)/t16-/m1/s1. The van der Waals surface area contributed by atoms with Crippen LogP contribution in [0.3, 0.4) is 0 Å². The van der Waals surface area contributed by atoms with Crippen LogP contribution in [0.4, 0.5) is 0 Å². The third-order valence-electron chi connectivity index (χ3n) is 5.69. The van der Waals surface area contributed by atoms with Crippen molar-refractivity contribution in [1.29, 1.82) is 0 Å². The summed E-state index contributed by atoms with van der Waals surface area (Å²) in [7, 11) is -3.72. The van der Waals surface area contributed by atoms with Gasteiger partial charge in [0.05, 0.1) is 21.7 Å². The molecule has 5 rings (SSSR count). The van der Waals surface area contributed by atoms with Crippen LogP contribution in [-0.4, -0.2) is 37.1 Å². The van der Waals surface area contributed by atoms with Crippen LogP contribution in [0.1, 0.15) is 22.8 Å². The van der Waals surface area contributed by atoms with E-state index in [4.69, 9.17) is 0 Å². The van der Waals surface area contributed by atoms with Crippen molar-refractivity contribution >= 4 is 38.6 Å². The maximum absolute atomic E-state index is 13.1. The normalized spacial score (nSPS) is 15.6. The topological polar surface area (TPSA) is 130 Å². The molecule has 2 amide bonds. The van der Waals surface area contributed by atoms with Crippen LogP contribution in [0.5, 0.6) is 0 Å². The van der Waals surface area contributed by atoms with Crippen molar-refractivity contribution < 1.29 is 18.0 Å². The summed E-state index contributed by atoms with van der Waals surface area (Å²) in [5.74, 6) is -1.06. The van der Waals surface area contributed by atoms with Gasteiger partial charge in [-0.2, -0.15) is 0 Å². The number of sulfonamides is 1. The summed E-state index contributed by atoms with van der Waals surface area (Å²) in [5, 5.41) is 0.634. The third kappa shape index (κ3) is 4.41. The molecule has 36 heavy (non-hydrogen) atoms. The average Bonchev–Trinajstić information content (AvgIpc) is 3.16. The number of hydrogen-bond acceptors (Lipinski definition) is 6. The Morgan fingerprint density at radius 3 is 2.42 bits per heavy atom. The number of pyridine rings is 1. The number of aliphatic imine (C=N–C) groups is 1. The molecule has 0 aliphatic carbocycles. The number of fused-ring (bicyclic) bond motifs is 2. The lowest BCUT2D eigenvalue weighted by atomic mass is 10.0. The van der Waals surface area contributed by atoms with Crippen molar-refractivity contribution in [2.45, 2.75) is 17.9 Å². The summed E-state index contributed by atoms with van der Waals surface area (Å²) >= 11 is 0. The maximum Gasteiger partial charge on any atom is 0.270 e. The van der Waals surface area contributed by atoms with Crippen molar-refractivity contribution in [3.8, 4) is 11.3 Å². The van der Waals surface area contributed by atoms with E-state index in [9.17, 15) is 18.0 Å². The van der Waals surface area contributed by atoms with E-state index < -0.39 is 27.9 Å². The van der Waals surface area contributed by atoms with Crippen LogP contribution in [0.25, 0.3) is 22.2 Å². The van der Waals surface area contributed by atoms with Crippen molar-refractivity contribution in [1.82, 2.24) is 20.6 Å². The molecule has 9 nitrogen and oxygen atoms in total. The smallest absolute Gasteiger partial charge is 0.270 e. The van der Waals surface area contributed by atoms with Gasteiger partial charge in [0.2, 0.25) is 0 Å². The van der Waals surface area contributed by atoms with E-state index in [0.717, 1.165) is 5.56 Å². The van der Waals surface area contributed by atoms with Crippen LogP contribution in [0, 0.1) is 0 Å². The zero-order valence-corrected chi connectivity index (χ0v) is 19.9. The lowest BCUT2D eigenvalue weighted by molar-refractivity contribution is -0.122. The van der Waals surface area contributed by atoms with Gasteiger partial charge in [-0.25, -0.2) is 13.4 Å². The van der Waals surface area contributed by atoms with Crippen LogP contribution in [-0.2, 0) is 14.8 Å². The largest absolute Gasteiger partial charge is 0.271 e. The lowest BCUT2D eigenvalue weighted by Crippen LogP contribution is -2.45. The molecule has 1 aliphatic heterocycles. The minimum absolute atomic E-state index is 0.0761. The van der Waals surface area contributed by atoms with Gasteiger partial charge in [-0.1, -0.05) is 60.7 Å². The number of aromatic nitrogens is 1. The second kappa shape index (κ2) is 9.23. The zero-order chi connectivity index (χ0) is 25.3. The highest BCUT2D eigenvalue weighted by atomic mass is 32.2. The highest BCUT2D eigenvalue weighted by molar-refractivity contribution is 7.90. The molecule has 0 saturated carbocycles. The Morgan fingerprint density at radius 2 is 1.61 bits per heavy atom. The summed E-state index contributed by atoms with van der Waals surface area (Å²) < 4.78 is 26.9. The summed E-state index contributed by atoms with van der Waals surface area (Å²) in [5.41, 5.74) is 7.66. The number of nitrogens with zero attached hydrogens (tertiary/aromatic N) is 2. The average molecular weight is 500 g/mol. The second-order valence-corrected chi connectivity index (χ2v) is 9.79. The van der Waals surface area contributed by atoms with Gasteiger partial charge in [-0.3, -0.25) is 30.2 Å². The predicted molar refractivity (Wildman–Crippen MR) is 136 cm³/mol. The van der Waals surface area contributed by atoms with E-state index in [1.165, 1.54) is 13.0 Å². The third-order valence-corrected chi connectivity index (χ3v) is 7.09. The van der Waals surface area contributed by atoms with Crippen molar-refractivity contribution in [3.05, 3.63) is 96.1 Å². The molecule has 0 spiro atoms. The molecular formula is C26H21N5O4S. The number of rotatable bonds is 4. The summed E-state index contributed by atoms with van der Waals surface area (Å²) in [6, 6.07) is 23.8. The van der Waals surface area contributed by atoms with E-state index in [1.54, 1.807) is 36.4 Å². The second-order valence-electron chi connectivity index (χ2n) is 8.14. The molecule has 2 heterocycles. The Morgan fingerprint density at radius 1 is 0.917 bits per heavy atom. The molecule has 3 N–H and O–H groups in total. The Labute approximate surface area is 207 Å². The number of hydrogen-bond donors (Lipinski definition) is 3. The van der Waals surface area contributed by atoms with Crippen LogP contribution in [0.15, 0.2) is 94.8 Å². The number of carbonyl (C=O) groups excluding carboxylic acids is 2. The first kappa shape index (κ1) is 23.2. The zero-order valence-electron chi connectivity index (χ0n) is 19.1. The number of amides is 2.